The summed E-state index contributed by atoms with van der Waals surface area (Å²) in [6.45, 7) is 0. The van der Waals surface area contributed by atoms with Gasteiger partial charge in [0.25, 0.3) is 0 Å². The van der Waals surface area contributed by atoms with Crippen molar-refractivity contribution in [3.8, 4) is 0 Å². The second kappa shape index (κ2) is 4.47. The molecule has 0 saturated heterocycles. The summed E-state index contributed by atoms with van der Waals surface area (Å²) in [5.74, 6) is 0.252. The van der Waals surface area contributed by atoms with Gasteiger partial charge in [-0.25, -0.2) is 0 Å². The highest BCUT2D eigenvalue weighted by molar-refractivity contribution is 5.77. The summed E-state index contributed by atoms with van der Waals surface area (Å²) < 4.78 is 0. The van der Waals surface area contributed by atoms with Crippen molar-refractivity contribution in [2.24, 2.45) is 11.7 Å². The molecule has 0 bridgehead atoms. The van der Waals surface area contributed by atoms with Crippen LogP contribution in [-0.4, -0.2) is 5.91 Å². The molecule has 1 fully saturated rings. The zero-order valence-electron chi connectivity index (χ0n) is 8.86. The van der Waals surface area contributed by atoms with Crippen LogP contribution in [0.3, 0.4) is 0 Å². The summed E-state index contributed by atoms with van der Waals surface area (Å²) in [5.41, 5.74) is 6.72. The minimum atomic E-state index is -0.136. The molecule has 2 rings (SSSR count). The zero-order chi connectivity index (χ0) is 10.7. The van der Waals surface area contributed by atoms with E-state index in [1.807, 2.05) is 18.2 Å². The number of amides is 1. The minimum absolute atomic E-state index is 0.0427. The van der Waals surface area contributed by atoms with Gasteiger partial charge in [0.2, 0.25) is 5.91 Å². The predicted octanol–water partition coefficient (Wildman–Crippen LogP) is 2.45. The van der Waals surface area contributed by atoms with E-state index in [0.717, 1.165) is 19.3 Å². The first-order valence-electron chi connectivity index (χ1n) is 5.63. The van der Waals surface area contributed by atoms with E-state index in [9.17, 15) is 4.79 Å². The smallest absolute Gasteiger partial charge is 0.221 e. The molecule has 1 aromatic rings. The lowest BCUT2D eigenvalue weighted by Gasteiger charge is -2.29. The van der Waals surface area contributed by atoms with E-state index in [-0.39, 0.29) is 11.8 Å². The molecule has 0 aliphatic heterocycles. The van der Waals surface area contributed by atoms with Crippen molar-refractivity contribution in [1.82, 2.24) is 0 Å². The largest absolute Gasteiger partial charge is 0.369 e. The summed E-state index contributed by atoms with van der Waals surface area (Å²) >= 11 is 0. The zero-order valence-corrected chi connectivity index (χ0v) is 8.86. The van der Waals surface area contributed by atoms with Gasteiger partial charge in [-0.2, -0.15) is 0 Å². The van der Waals surface area contributed by atoms with E-state index in [1.165, 1.54) is 12.0 Å². The summed E-state index contributed by atoms with van der Waals surface area (Å²) in [6, 6.07) is 10.3. The van der Waals surface area contributed by atoms with Crippen molar-refractivity contribution in [2.45, 2.75) is 31.6 Å². The third kappa shape index (κ3) is 2.20. The first-order valence-corrected chi connectivity index (χ1v) is 5.63. The summed E-state index contributed by atoms with van der Waals surface area (Å²) in [4.78, 5) is 11.4. The maximum absolute atomic E-state index is 11.4. The van der Waals surface area contributed by atoms with Crippen molar-refractivity contribution in [1.29, 1.82) is 0 Å². The Kier molecular flexibility index (Phi) is 3.05. The van der Waals surface area contributed by atoms with E-state index in [2.05, 4.69) is 12.1 Å². The van der Waals surface area contributed by atoms with Crippen LogP contribution in [0.2, 0.25) is 0 Å². The van der Waals surface area contributed by atoms with Crippen LogP contribution in [0, 0.1) is 5.92 Å². The molecule has 2 atom stereocenters. The van der Waals surface area contributed by atoms with E-state index in [4.69, 9.17) is 5.73 Å². The average Bonchev–Trinajstić information content (AvgIpc) is 2.30. The fourth-order valence-electron chi connectivity index (χ4n) is 2.57. The Morgan fingerprint density at radius 1 is 1.13 bits per heavy atom. The van der Waals surface area contributed by atoms with Gasteiger partial charge in [0, 0.05) is 5.92 Å². The number of hydrogen-bond donors (Lipinski definition) is 1. The fraction of sp³-hybridized carbons (Fsp3) is 0.462. The van der Waals surface area contributed by atoms with Crippen molar-refractivity contribution < 1.29 is 4.79 Å². The molecule has 0 aromatic heterocycles. The maximum atomic E-state index is 11.4. The number of carbonyl (C=O) groups is 1. The highest BCUT2D eigenvalue weighted by Crippen LogP contribution is 2.37. The average molecular weight is 203 g/mol. The molecule has 80 valence electrons. The highest BCUT2D eigenvalue weighted by atomic mass is 16.1. The second-order valence-electron chi connectivity index (χ2n) is 4.31. The Morgan fingerprint density at radius 3 is 2.47 bits per heavy atom. The molecular formula is C13H17NO. The lowest BCUT2D eigenvalue weighted by Crippen LogP contribution is -2.31. The van der Waals surface area contributed by atoms with Crippen LogP contribution in [0.4, 0.5) is 0 Å². The summed E-state index contributed by atoms with van der Waals surface area (Å²) in [7, 11) is 0. The van der Waals surface area contributed by atoms with Crippen LogP contribution in [0.1, 0.15) is 37.2 Å². The fourth-order valence-corrected chi connectivity index (χ4v) is 2.57. The van der Waals surface area contributed by atoms with E-state index < -0.39 is 0 Å². The third-order valence-electron chi connectivity index (χ3n) is 3.36. The molecule has 2 unspecified atom stereocenters. The maximum Gasteiger partial charge on any atom is 0.221 e. The van der Waals surface area contributed by atoms with E-state index >= 15 is 0 Å². The Morgan fingerprint density at radius 2 is 1.80 bits per heavy atom. The highest BCUT2D eigenvalue weighted by Gasteiger charge is 2.30. The van der Waals surface area contributed by atoms with Crippen molar-refractivity contribution in [3.63, 3.8) is 0 Å². The van der Waals surface area contributed by atoms with Crippen LogP contribution in [0.5, 0.6) is 0 Å². The van der Waals surface area contributed by atoms with Crippen molar-refractivity contribution >= 4 is 5.91 Å². The Bertz CT molecular complexity index is 334. The van der Waals surface area contributed by atoms with E-state index in [1.54, 1.807) is 0 Å². The van der Waals surface area contributed by atoms with Gasteiger partial charge >= 0.3 is 0 Å². The van der Waals surface area contributed by atoms with Crippen molar-refractivity contribution in [3.05, 3.63) is 35.9 Å². The molecular weight excluding hydrogens is 186 g/mol. The number of rotatable bonds is 2. The number of carbonyl (C=O) groups excluding carboxylic acids is 1. The van der Waals surface area contributed by atoms with Gasteiger partial charge in [0.1, 0.15) is 0 Å². The molecule has 1 aliphatic rings. The summed E-state index contributed by atoms with van der Waals surface area (Å²) in [5, 5.41) is 0. The van der Waals surface area contributed by atoms with Gasteiger partial charge in [-0.3, -0.25) is 4.79 Å². The molecule has 0 spiro atoms. The first-order chi connectivity index (χ1) is 7.29. The molecule has 0 radical (unpaired) electrons. The Balaban J connectivity index is 2.22. The molecule has 2 nitrogen and oxygen atoms in total. The standard InChI is InChI=1S/C13H17NO/c14-13(15)12-9-5-4-8-11(12)10-6-2-1-3-7-10/h1-3,6-7,11-12H,4-5,8-9H2,(H2,14,15). The van der Waals surface area contributed by atoms with Crippen LogP contribution in [0.25, 0.3) is 0 Å². The quantitative estimate of drug-likeness (QED) is 0.788. The van der Waals surface area contributed by atoms with Gasteiger partial charge < -0.3 is 5.73 Å². The van der Waals surface area contributed by atoms with Gasteiger partial charge in [0.05, 0.1) is 0 Å². The number of nitrogens with two attached hydrogens (primary N) is 1. The molecule has 2 N–H and O–H groups in total. The Labute approximate surface area is 90.5 Å². The summed E-state index contributed by atoms with van der Waals surface area (Å²) in [6.07, 6.45) is 4.40. The molecule has 15 heavy (non-hydrogen) atoms. The lowest BCUT2D eigenvalue weighted by atomic mass is 9.75. The van der Waals surface area contributed by atoms with Gasteiger partial charge in [-0.1, -0.05) is 43.2 Å². The van der Waals surface area contributed by atoms with Gasteiger partial charge in [0.15, 0.2) is 0 Å². The number of primary amides is 1. The third-order valence-corrected chi connectivity index (χ3v) is 3.36. The van der Waals surface area contributed by atoms with Crippen LogP contribution >= 0.6 is 0 Å². The molecule has 2 heteroatoms. The topological polar surface area (TPSA) is 43.1 Å². The SMILES string of the molecule is NC(=O)C1CCCCC1c1ccccc1. The molecule has 1 saturated carbocycles. The Hall–Kier alpha value is -1.31. The normalized spacial score (nSPS) is 26.1. The first kappa shape index (κ1) is 10.2. The molecule has 0 heterocycles. The minimum Gasteiger partial charge on any atom is -0.369 e. The van der Waals surface area contributed by atoms with Gasteiger partial charge in [-0.15, -0.1) is 0 Å². The molecule has 1 amide bonds. The van der Waals surface area contributed by atoms with Crippen LogP contribution in [-0.2, 0) is 4.79 Å². The lowest BCUT2D eigenvalue weighted by molar-refractivity contribution is -0.123. The second-order valence-corrected chi connectivity index (χ2v) is 4.31. The number of hydrogen-bond acceptors (Lipinski definition) is 1. The van der Waals surface area contributed by atoms with Crippen LogP contribution in [0.15, 0.2) is 30.3 Å². The van der Waals surface area contributed by atoms with Crippen molar-refractivity contribution in [2.75, 3.05) is 0 Å². The van der Waals surface area contributed by atoms with Crippen LogP contribution < -0.4 is 5.73 Å². The van der Waals surface area contributed by atoms with Gasteiger partial charge in [-0.05, 0) is 24.3 Å². The predicted molar refractivity (Wildman–Crippen MR) is 60.3 cm³/mol. The molecule has 1 aromatic carbocycles. The van der Waals surface area contributed by atoms with E-state index in [0.29, 0.717) is 5.92 Å². The number of benzene rings is 1. The molecule has 1 aliphatic carbocycles. The monoisotopic (exact) mass is 203 g/mol.